The Hall–Kier alpha value is -1.93. The highest BCUT2D eigenvalue weighted by Crippen LogP contribution is 2.07. The molecule has 1 atom stereocenters. The van der Waals surface area contributed by atoms with Gasteiger partial charge in [-0.1, -0.05) is 0 Å². The van der Waals surface area contributed by atoms with E-state index in [-0.39, 0.29) is 18.3 Å². The van der Waals surface area contributed by atoms with Gasteiger partial charge in [-0.25, -0.2) is 14.8 Å². The van der Waals surface area contributed by atoms with Gasteiger partial charge < -0.3 is 20.1 Å². The summed E-state index contributed by atoms with van der Waals surface area (Å²) in [5.41, 5.74) is 0.211. The smallest absolute Gasteiger partial charge is 0.409 e. The molecule has 1 aromatic rings. The Morgan fingerprint density at radius 2 is 2.12 bits per heavy atom. The predicted octanol–water partition coefficient (Wildman–Crippen LogP) is -0.702. The van der Waals surface area contributed by atoms with Crippen LogP contribution in [-0.4, -0.2) is 50.7 Å². The van der Waals surface area contributed by atoms with Crippen molar-refractivity contribution in [2.24, 2.45) is 0 Å². The lowest BCUT2D eigenvalue weighted by Crippen LogP contribution is -2.22. The largest absolute Gasteiger partial charge is 0.465 e. The molecule has 0 spiro atoms. The van der Waals surface area contributed by atoms with E-state index in [1.807, 2.05) is 0 Å². The molecule has 1 heterocycles. The van der Waals surface area contributed by atoms with E-state index in [9.17, 15) is 4.79 Å². The molecular weight excluding hydrogens is 218 g/mol. The lowest BCUT2D eigenvalue weighted by Gasteiger charge is -2.08. The Kier molecular flexibility index (Phi) is 4.42. The number of carbonyl (C=O) groups is 1. The van der Waals surface area contributed by atoms with Crippen molar-refractivity contribution in [1.82, 2.24) is 9.97 Å². The Morgan fingerprint density at radius 3 is 2.62 bits per heavy atom. The normalized spacial score (nSPS) is 11.9. The molecule has 1 amide bonds. The van der Waals surface area contributed by atoms with Crippen LogP contribution in [0.25, 0.3) is 0 Å². The van der Waals surface area contributed by atoms with Gasteiger partial charge in [0.25, 0.3) is 0 Å². The number of rotatable bonds is 5. The summed E-state index contributed by atoms with van der Waals surface area (Å²) < 4.78 is 4.91. The molecule has 0 aromatic carbocycles. The van der Waals surface area contributed by atoms with Crippen LogP contribution in [0.5, 0.6) is 6.01 Å². The number of carboxylic acid groups (broad SMARTS) is 1. The Balaban J connectivity index is 2.48. The molecule has 0 aliphatic carbocycles. The third kappa shape index (κ3) is 4.07. The van der Waals surface area contributed by atoms with Crippen molar-refractivity contribution in [3.8, 4) is 6.01 Å². The highest BCUT2D eigenvalue weighted by Gasteiger charge is 2.05. The van der Waals surface area contributed by atoms with Crippen LogP contribution in [0.15, 0.2) is 12.4 Å². The zero-order valence-electron chi connectivity index (χ0n) is 8.20. The van der Waals surface area contributed by atoms with Gasteiger partial charge in [-0.3, -0.25) is 5.32 Å². The van der Waals surface area contributed by atoms with Gasteiger partial charge in [0.2, 0.25) is 0 Å². The number of ether oxygens (including phenoxy) is 1. The molecule has 16 heavy (non-hydrogen) atoms. The fourth-order valence-corrected chi connectivity index (χ4v) is 0.802. The van der Waals surface area contributed by atoms with Crippen molar-refractivity contribution in [1.29, 1.82) is 0 Å². The van der Waals surface area contributed by atoms with Crippen LogP contribution in [0.2, 0.25) is 0 Å². The van der Waals surface area contributed by atoms with E-state index in [0.29, 0.717) is 0 Å². The number of amides is 1. The lowest BCUT2D eigenvalue weighted by atomic mass is 10.4. The van der Waals surface area contributed by atoms with Gasteiger partial charge in [-0.2, -0.15) is 0 Å². The molecule has 0 unspecified atom stereocenters. The van der Waals surface area contributed by atoms with Crippen LogP contribution in [0.3, 0.4) is 0 Å². The molecule has 1 aromatic heterocycles. The van der Waals surface area contributed by atoms with E-state index >= 15 is 0 Å². The molecule has 0 fully saturated rings. The number of hydrogen-bond donors (Lipinski definition) is 4. The van der Waals surface area contributed by atoms with Crippen LogP contribution >= 0.6 is 0 Å². The van der Waals surface area contributed by atoms with Gasteiger partial charge in [0.15, 0.2) is 0 Å². The summed E-state index contributed by atoms with van der Waals surface area (Å²) in [4.78, 5) is 17.6. The molecule has 8 nitrogen and oxygen atoms in total. The number of nitrogens with zero attached hydrogens (tertiary/aromatic N) is 2. The summed E-state index contributed by atoms with van der Waals surface area (Å²) in [6.07, 6.45) is 0.234. The standard InChI is InChI=1S/C8H11N3O5/c12-3-6(13)4-16-7-9-1-5(2-10-7)11-8(14)15/h1-2,6,11-13H,3-4H2,(H,14,15)/t6-/m0/s1. The Labute approximate surface area is 90.5 Å². The summed E-state index contributed by atoms with van der Waals surface area (Å²) in [6, 6.07) is -0.0107. The monoisotopic (exact) mass is 229 g/mol. The predicted molar refractivity (Wildman–Crippen MR) is 52.3 cm³/mol. The molecule has 0 saturated heterocycles. The summed E-state index contributed by atoms with van der Waals surface area (Å²) in [7, 11) is 0. The molecule has 0 aliphatic rings. The van der Waals surface area contributed by atoms with Gasteiger partial charge in [0.1, 0.15) is 12.7 Å². The highest BCUT2D eigenvalue weighted by molar-refractivity contribution is 5.82. The molecular formula is C8H11N3O5. The minimum Gasteiger partial charge on any atom is -0.465 e. The number of aromatic nitrogens is 2. The van der Waals surface area contributed by atoms with Crippen molar-refractivity contribution in [2.75, 3.05) is 18.5 Å². The fraction of sp³-hybridized carbons (Fsp3) is 0.375. The summed E-state index contributed by atoms with van der Waals surface area (Å²) in [6.45, 7) is -0.555. The van der Waals surface area contributed by atoms with Gasteiger partial charge in [-0.05, 0) is 0 Å². The van der Waals surface area contributed by atoms with E-state index in [0.717, 1.165) is 0 Å². The average Bonchev–Trinajstić information content (AvgIpc) is 2.27. The van der Waals surface area contributed by atoms with Crippen LogP contribution in [0.1, 0.15) is 0 Å². The minimum absolute atomic E-state index is 0.0107. The van der Waals surface area contributed by atoms with Gasteiger partial charge in [0, 0.05) is 0 Å². The highest BCUT2D eigenvalue weighted by atomic mass is 16.5. The van der Waals surface area contributed by atoms with E-state index in [1.54, 1.807) is 0 Å². The first-order valence-corrected chi connectivity index (χ1v) is 4.35. The van der Waals surface area contributed by atoms with E-state index < -0.39 is 18.8 Å². The first-order valence-electron chi connectivity index (χ1n) is 4.35. The number of anilines is 1. The van der Waals surface area contributed by atoms with Crippen LogP contribution in [0, 0.1) is 0 Å². The minimum atomic E-state index is -1.21. The van der Waals surface area contributed by atoms with Gasteiger partial charge >= 0.3 is 12.1 Å². The van der Waals surface area contributed by atoms with Crippen LogP contribution in [0.4, 0.5) is 10.5 Å². The van der Waals surface area contributed by atoms with Gasteiger partial charge in [0.05, 0.1) is 24.7 Å². The Bertz CT molecular complexity index is 342. The third-order valence-electron chi connectivity index (χ3n) is 1.49. The first kappa shape index (κ1) is 12.1. The zero-order chi connectivity index (χ0) is 12.0. The molecule has 8 heteroatoms. The van der Waals surface area contributed by atoms with Crippen LogP contribution in [-0.2, 0) is 0 Å². The van der Waals surface area contributed by atoms with Crippen molar-refractivity contribution < 1.29 is 24.9 Å². The maximum Gasteiger partial charge on any atom is 0.409 e. The van der Waals surface area contributed by atoms with Crippen molar-refractivity contribution >= 4 is 11.8 Å². The fourth-order valence-electron chi connectivity index (χ4n) is 0.802. The topological polar surface area (TPSA) is 125 Å². The molecule has 0 aliphatic heterocycles. The number of nitrogens with one attached hydrogen (secondary N) is 1. The first-order chi connectivity index (χ1) is 7.61. The zero-order valence-corrected chi connectivity index (χ0v) is 8.20. The van der Waals surface area contributed by atoms with Crippen molar-refractivity contribution in [3.05, 3.63) is 12.4 Å². The van der Waals surface area contributed by atoms with Crippen LogP contribution < -0.4 is 10.1 Å². The Morgan fingerprint density at radius 1 is 1.50 bits per heavy atom. The third-order valence-corrected chi connectivity index (χ3v) is 1.49. The van der Waals surface area contributed by atoms with E-state index in [1.165, 1.54) is 12.4 Å². The number of aliphatic hydroxyl groups excluding tert-OH is 2. The number of hydrogen-bond acceptors (Lipinski definition) is 6. The maximum atomic E-state index is 10.2. The van der Waals surface area contributed by atoms with Crippen molar-refractivity contribution in [3.63, 3.8) is 0 Å². The number of aliphatic hydroxyl groups is 2. The molecule has 1 rings (SSSR count). The SMILES string of the molecule is O=C(O)Nc1cnc(OC[C@@H](O)CO)nc1. The summed E-state index contributed by atoms with van der Waals surface area (Å²) in [5, 5.41) is 27.9. The molecule has 0 radical (unpaired) electrons. The molecule has 88 valence electrons. The van der Waals surface area contributed by atoms with E-state index in [2.05, 4.69) is 15.3 Å². The second-order valence-electron chi connectivity index (χ2n) is 2.83. The second-order valence-corrected chi connectivity index (χ2v) is 2.83. The molecule has 4 N–H and O–H groups in total. The second kappa shape index (κ2) is 5.83. The quantitative estimate of drug-likeness (QED) is 0.526. The van der Waals surface area contributed by atoms with E-state index in [4.69, 9.17) is 20.1 Å². The lowest BCUT2D eigenvalue weighted by molar-refractivity contribution is 0.0504. The maximum absolute atomic E-state index is 10.2. The van der Waals surface area contributed by atoms with Crippen molar-refractivity contribution in [2.45, 2.75) is 6.10 Å². The average molecular weight is 229 g/mol. The summed E-state index contributed by atoms with van der Waals surface area (Å²) >= 11 is 0. The summed E-state index contributed by atoms with van der Waals surface area (Å²) in [5.74, 6) is 0. The molecule has 0 bridgehead atoms. The van der Waals surface area contributed by atoms with Gasteiger partial charge in [-0.15, -0.1) is 0 Å². The molecule has 0 saturated carbocycles.